The van der Waals surface area contributed by atoms with E-state index in [1.165, 1.54) is 51.6 Å². The van der Waals surface area contributed by atoms with Crippen molar-refractivity contribution in [1.29, 1.82) is 0 Å². The molecular weight excluding hydrogens is 250 g/mol. The second-order valence-electron chi connectivity index (χ2n) is 5.23. The predicted octanol–water partition coefficient (Wildman–Crippen LogP) is 4.06. The van der Waals surface area contributed by atoms with Crippen LogP contribution in [0, 0.1) is 5.92 Å². The normalized spacial score (nSPS) is 24.4. The van der Waals surface area contributed by atoms with Crippen LogP contribution in [0.5, 0.6) is 0 Å². The molecule has 0 aromatic heterocycles. The smallest absolute Gasteiger partial charge is 0.0192 e. The number of likely N-dealkylation sites (tertiary alicyclic amines) is 1. The highest BCUT2D eigenvalue weighted by Gasteiger charge is 2.19. The van der Waals surface area contributed by atoms with Crippen molar-refractivity contribution in [3.8, 4) is 0 Å². The van der Waals surface area contributed by atoms with Crippen molar-refractivity contribution in [2.45, 2.75) is 58.4 Å². The first-order chi connectivity index (χ1) is 7.24. The van der Waals surface area contributed by atoms with Crippen molar-refractivity contribution in [3.05, 3.63) is 0 Å². The molecule has 0 N–H and O–H groups in total. The molecule has 1 rings (SSSR count). The van der Waals surface area contributed by atoms with E-state index in [9.17, 15) is 0 Å². The van der Waals surface area contributed by atoms with E-state index in [2.05, 4.69) is 34.7 Å². The molecule has 1 aliphatic rings. The summed E-state index contributed by atoms with van der Waals surface area (Å²) in [7, 11) is 0. The molecule has 90 valence electrons. The van der Waals surface area contributed by atoms with Crippen LogP contribution < -0.4 is 0 Å². The van der Waals surface area contributed by atoms with E-state index in [-0.39, 0.29) is 0 Å². The molecule has 0 aliphatic carbocycles. The van der Waals surface area contributed by atoms with E-state index in [0.717, 1.165) is 17.3 Å². The van der Waals surface area contributed by atoms with Crippen LogP contribution in [0.4, 0.5) is 0 Å². The molecule has 0 radical (unpaired) electrons. The van der Waals surface area contributed by atoms with Crippen LogP contribution >= 0.6 is 15.9 Å². The van der Waals surface area contributed by atoms with Crippen molar-refractivity contribution in [2.24, 2.45) is 5.92 Å². The Hall–Kier alpha value is 0.440. The standard InChI is InChI=1S/C13H26BrN/c1-12(2)7-6-10-15-9-5-3-4-8-13(15)11-14/h12-13H,3-11H2,1-2H3. The molecule has 0 aromatic rings. The van der Waals surface area contributed by atoms with E-state index < -0.39 is 0 Å². The van der Waals surface area contributed by atoms with Crippen LogP contribution in [-0.2, 0) is 0 Å². The van der Waals surface area contributed by atoms with Gasteiger partial charge in [0.1, 0.15) is 0 Å². The van der Waals surface area contributed by atoms with Gasteiger partial charge in [0.25, 0.3) is 0 Å². The van der Waals surface area contributed by atoms with Gasteiger partial charge in [-0.05, 0) is 44.7 Å². The fourth-order valence-electron chi connectivity index (χ4n) is 2.41. The van der Waals surface area contributed by atoms with Gasteiger partial charge in [-0.3, -0.25) is 4.90 Å². The van der Waals surface area contributed by atoms with Gasteiger partial charge in [-0.1, -0.05) is 42.6 Å². The molecule has 0 amide bonds. The topological polar surface area (TPSA) is 3.24 Å². The lowest BCUT2D eigenvalue weighted by atomic mass is 10.1. The summed E-state index contributed by atoms with van der Waals surface area (Å²) >= 11 is 3.67. The summed E-state index contributed by atoms with van der Waals surface area (Å²) in [6, 6.07) is 0.805. The number of alkyl halides is 1. The van der Waals surface area contributed by atoms with E-state index in [4.69, 9.17) is 0 Å². The number of rotatable bonds is 5. The Kier molecular flexibility index (Phi) is 6.91. The SMILES string of the molecule is CC(C)CCCN1CCCCCC1CBr. The Morgan fingerprint density at radius 3 is 2.73 bits per heavy atom. The first kappa shape index (κ1) is 13.5. The monoisotopic (exact) mass is 275 g/mol. The van der Waals surface area contributed by atoms with Gasteiger partial charge in [0.05, 0.1) is 0 Å². The molecule has 1 heterocycles. The molecule has 2 heteroatoms. The molecule has 1 aliphatic heterocycles. The van der Waals surface area contributed by atoms with Crippen LogP contribution in [0.15, 0.2) is 0 Å². The molecule has 0 saturated carbocycles. The van der Waals surface area contributed by atoms with Crippen LogP contribution in [-0.4, -0.2) is 29.4 Å². The maximum Gasteiger partial charge on any atom is 0.0192 e. The maximum atomic E-state index is 3.67. The minimum Gasteiger partial charge on any atom is -0.300 e. The van der Waals surface area contributed by atoms with Crippen molar-refractivity contribution in [1.82, 2.24) is 4.90 Å². The van der Waals surface area contributed by atoms with E-state index >= 15 is 0 Å². The van der Waals surface area contributed by atoms with Crippen LogP contribution in [0.1, 0.15) is 52.4 Å². The molecule has 15 heavy (non-hydrogen) atoms. The fourth-order valence-corrected chi connectivity index (χ4v) is 3.14. The van der Waals surface area contributed by atoms with Gasteiger partial charge < -0.3 is 0 Å². The summed E-state index contributed by atoms with van der Waals surface area (Å²) in [6.07, 6.45) is 8.42. The molecule has 1 fully saturated rings. The number of nitrogens with zero attached hydrogens (tertiary/aromatic N) is 1. The third-order valence-corrected chi connectivity index (χ3v) is 4.15. The molecular formula is C13H26BrN. The summed E-state index contributed by atoms with van der Waals surface area (Å²) < 4.78 is 0. The van der Waals surface area contributed by atoms with Gasteiger partial charge in [0, 0.05) is 11.4 Å². The van der Waals surface area contributed by atoms with Gasteiger partial charge in [-0.15, -0.1) is 0 Å². The molecule has 0 spiro atoms. The average Bonchev–Trinajstić information content (AvgIpc) is 2.42. The second kappa shape index (κ2) is 7.67. The second-order valence-corrected chi connectivity index (χ2v) is 5.88. The highest BCUT2D eigenvalue weighted by molar-refractivity contribution is 9.09. The largest absolute Gasteiger partial charge is 0.300 e. The third kappa shape index (κ3) is 5.35. The Morgan fingerprint density at radius 1 is 1.27 bits per heavy atom. The minimum absolute atomic E-state index is 0.805. The van der Waals surface area contributed by atoms with E-state index in [0.29, 0.717) is 0 Å². The maximum absolute atomic E-state index is 3.67. The zero-order valence-electron chi connectivity index (χ0n) is 10.3. The molecule has 0 aromatic carbocycles. The molecule has 1 saturated heterocycles. The number of halogens is 1. The Morgan fingerprint density at radius 2 is 2.07 bits per heavy atom. The van der Waals surface area contributed by atoms with Crippen LogP contribution in [0.3, 0.4) is 0 Å². The summed E-state index contributed by atoms with van der Waals surface area (Å²) in [4.78, 5) is 2.71. The zero-order valence-corrected chi connectivity index (χ0v) is 11.9. The van der Waals surface area contributed by atoms with Crippen LogP contribution in [0.2, 0.25) is 0 Å². The molecule has 1 unspecified atom stereocenters. The van der Waals surface area contributed by atoms with Gasteiger partial charge in [-0.25, -0.2) is 0 Å². The first-order valence-corrected chi connectivity index (χ1v) is 7.66. The lowest BCUT2D eigenvalue weighted by molar-refractivity contribution is 0.210. The minimum atomic E-state index is 0.805. The van der Waals surface area contributed by atoms with E-state index in [1.807, 2.05) is 0 Å². The molecule has 1 atom stereocenters. The lowest BCUT2D eigenvalue weighted by Crippen LogP contribution is -2.36. The number of hydrogen-bond acceptors (Lipinski definition) is 1. The summed E-state index contributed by atoms with van der Waals surface area (Å²) in [5.41, 5.74) is 0. The zero-order chi connectivity index (χ0) is 11.1. The quantitative estimate of drug-likeness (QED) is 0.684. The van der Waals surface area contributed by atoms with E-state index in [1.54, 1.807) is 0 Å². The Bertz CT molecular complexity index is 159. The summed E-state index contributed by atoms with van der Waals surface area (Å²) in [5.74, 6) is 0.861. The highest BCUT2D eigenvalue weighted by atomic mass is 79.9. The third-order valence-electron chi connectivity index (χ3n) is 3.40. The Labute approximate surface area is 104 Å². The summed E-state index contributed by atoms with van der Waals surface area (Å²) in [6.45, 7) is 7.29. The van der Waals surface area contributed by atoms with Gasteiger partial charge >= 0.3 is 0 Å². The Balaban J connectivity index is 2.28. The first-order valence-electron chi connectivity index (χ1n) is 6.54. The van der Waals surface area contributed by atoms with Crippen molar-refractivity contribution in [3.63, 3.8) is 0 Å². The van der Waals surface area contributed by atoms with Crippen molar-refractivity contribution < 1.29 is 0 Å². The van der Waals surface area contributed by atoms with Crippen molar-refractivity contribution in [2.75, 3.05) is 18.4 Å². The lowest BCUT2D eigenvalue weighted by Gasteiger charge is -2.28. The van der Waals surface area contributed by atoms with Crippen LogP contribution in [0.25, 0.3) is 0 Å². The molecule has 0 bridgehead atoms. The fraction of sp³-hybridized carbons (Fsp3) is 1.00. The van der Waals surface area contributed by atoms with Gasteiger partial charge in [0.2, 0.25) is 0 Å². The van der Waals surface area contributed by atoms with Gasteiger partial charge in [-0.2, -0.15) is 0 Å². The highest BCUT2D eigenvalue weighted by Crippen LogP contribution is 2.19. The van der Waals surface area contributed by atoms with Gasteiger partial charge in [0.15, 0.2) is 0 Å². The number of hydrogen-bond donors (Lipinski definition) is 0. The summed E-state index contributed by atoms with van der Waals surface area (Å²) in [5, 5.41) is 1.16. The molecule has 1 nitrogen and oxygen atoms in total. The van der Waals surface area contributed by atoms with Crippen molar-refractivity contribution >= 4 is 15.9 Å². The average molecular weight is 276 g/mol. The predicted molar refractivity (Wildman–Crippen MR) is 71.7 cm³/mol.